The number of carbonyl (C=O) groups is 1. The van der Waals surface area contributed by atoms with Crippen LogP contribution in [0.3, 0.4) is 0 Å². The minimum absolute atomic E-state index is 0. The summed E-state index contributed by atoms with van der Waals surface area (Å²) in [4.78, 5) is 12.9. The number of hydrogen-bond acceptors (Lipinski definition) is 6. The van der Waals surface area contributed by atoms with Crippen molar-refractivity contribution < 1.29 is 46.1 Å². The summed E-state index contributed by atoms with van der Waals surface area (Å²) in [5, 5.41) is 0.818. The molecule has 2 aromatic carbocycles. The first-order chi connectivity index (χ1) is 20.1. The van der Waals surface area contributed by atoms with E-state index in [1.54, 1.807) is 0 Å². The van der Waals surface area contributed by atoms with Crippen molar-refractivity contribution in [3.63, 3.8) is 0 Å². The van der Waals surface area contributed by atoms with E-state index in [1.807, 2.05) is 18.2 Å². The van der Waals surface area contributed by atoms with E-state index in [9.17, 15) is 4.79 Å². The molecular weight excluding hydrogens is 647 g/mol. The fraction of sp³-hybridized carbons (Fsp3) is 0.606. The minimum atomic E-state index is -2.00. The maximum atomic E-state index is 12.9. The van der Waals surface area contributed by atoms with Gasteiger partial charge >= 0.3 is 24.8 Å². The number of rotatable bonds is 12. The monoisotopic (exact) mass is 702 g/mol. The maximum Gasteiger partial charge on any atom is 1.00 e. The van der Waals surface area contributed by atoms with Crippen LogP contribution in [-0.2, 0) is 40.1 Å². The first-order valence-electron chi connectivity index (χ1n) is 15.7. The van der Waals surface area contributed by atoms with Crippen molar-refractivity contribution in [2.24, 2.45) is 0 Å². The van der Waals surface area contributed by atoms with Crippen LogP contribution in [0.1, 0.15) is 23.6 Å². The van der Waals surface area contributed by atoms with Gasteiger partial charge in [-0.2, -0.15) is 24.3 Å². The summed E-state index contributed by atoms with van der Waals surface area (Å²) in [6, 6.07) is 17.4. The molecule has 1 aliphatic rings. The van der Waals surface area contributed by atoms with E-state index < -0.39 is 51.6 Å². The molecule has 0 amide bonds. The number of ether oxygens (including phenoxy) is 1. The van der Waals surface area contributed by atoms with Gasteiger partial charge in [0.2, 0.25) is 0 Å². The molecule has 1 heterocycles. The molecule has 0 radical (unpaired) electrons. The van der Waals surface area contributed by atoms with Gasteiger partial charge in [0.1, 0.15) is 12.2 Å². The van der Waals surface area contributed by atoms with E-state index in [1.165, 1.54) is 11.1 Å². The van der Waals surface area contributed by atoms with Crippen molar-refractivity contribution >= 4 is 50.8 Å². The second-order valence-electron chi connectivity index (χ2n) is 15.3. The van der Waals surface area contributed by atoms with Crippen LogP contribution in [0.15, 0.2) is 42.5 Å². The molecule has 1 fully saturated rings. The Morgan fingerprint density at radius 1 is 0.756 bits per heavy atom. The summed E-state index contributed by atoms with van der Waals surface area (Å²) < 4.78 is 31.2. The largest absolute Gasteiger partial charge is 1.00 e. The third-order valence-corrected chi connectivity index (χ3v) is 10.7. The van der Waals surface area contributed by atoms with Gasteiger partial charge in [0.25, 0.3) is 0 Å². The van der Waals surface area contributed by atoms with Crippen LogP contribution >= 0.6 is 11.6 Å². The first kappa shape index (κ1) is 42.5. The second-order valence-corrected chi connectivity index (χ2v) is 33.6. The van der Waals surface area contributed by atoms with E-state index in [0.29, 0.717) is 6.61 Å². The van der Waals surface area contributed by atoms with Crippen LogP contribution in [-0.4, -0.2) is 70.3 Å². The number of esters is 1. The molecule has 6 nitrogen and oxygen atoms in total. The molecular formula is C33H56ClLiO6Si4. The van der Waals surface area contributed by atoms with E-state index in [0.717, 1.165) is 23.4 Å². The minimum Gasteiger partial charge on any atom is -0.455 e. The first-order valence-corrected chi connectivity index (χ1v) is 29.7. The third-order valence-electron chi connectivity index (χ3n) is 6.34. The predicted octanol–water partition coefficient (Wildman–Crippen LogP) is 5.72. The molecule has 0 aliphatic carbocycles. The molecule has 0 spiro atoms. The molecule has 0 saturated carbocycles. The Morgan fingerprint density at radius 3 is 1.73 bits per heavy atom. The average Bonchev–Trinajstić information content (AvgIpc) is 2.86. The number of carbonyl (C=O) groups excluding carboxylic acids is 1. The molecule has 0 bridgehead atoms. The summed E-state index contributed by atoms with van der Waals surface area (Å²) in [6.45, 7) is 27.9. The number of halogens is 1. The average molecular weight is 704 g/mol. The van der Waals surface area contributed by atoms with Gasteiger partial charge in [-0.15, -0.1) is 17.2 Å². The molecule has 0 aromatic heterocycles. The van der Waals surface area contributed by atoms with Crippen molar-refractivity contribution in [2.75, 3.05) is 6.61 Å². The third kappa shape index (κ3) is 16.4. The molecule has 45 heavy (non-hydrogen) atoms. The summed E-state index contributed by atoms with van der Waals surface area (Å²) in [6.07, 6.45) is -0.118. The topological polar surface area (TPSA) is 63.2 Å². The molecule has 2 aromatic rings. The zero-order valence-corrected chi connectivity index (χ0v) is 35.1. The SMILES string of the molecule is CCc1ccc(Cc2c[c-]ccc2Cl)cc1.C[Si](C)(C)OC[C@H]1OC(=O)[C@H](O[Si](C)(C)C)[C@@H](O[Si](C)(C)C)[C@@H]1O[Si](C)(C)C.[Li+]. The van der Waals surface area contributed by atoms with Gasteiger partial charge in [0.05, 0.1) is 6.61 Å². The normalized spacial score (nSPS) is 20.9. The Hall–Kier alpha value is -0.495. The van der Waals surface area contributed by atoms with Gasteiger partial charge < -0.3 is 22.4 Å². The van der Waals surface area contributed by atoms with Gasteiger partial charge in [-0.25, -0.2) is 4.79 Å². The molecule has 0 unspecified atom stereocenters. The zero-order valence-electron chi connectivity index (χ0n) is 30.3. The van der Waals surface area contributed by atoms with Crippen molar-refractivity contribution in [3.8, 4) is 0 Å². The van der Waals surface area contributed by atoms with Gasteiger partial charge in [0.15, 0.2) is 45.5 Å². The van der Waals surface area contributed by atoms with E-state index in [2.05, 4.69) is 116 Å². The van der Waals surface area contributed by atoms with Crippen molar-refractivity contribution in [1.82, 2.24) is 0 Å². The van der Waals surface area contributed by atoms with Crippen molar-refractivity contribution in [3.05, 3.63) is 70.2 Å². The van der Waals surface area contributed by atoms with Crippen LogP contribution in [0.5, 0.6) is 0 Å². The van der Waals surface area contributed by atoms with Gasteiger partial charge in [0, 0.05) is 0 Å². The Bertz CT molecular complexity index is 1190. The molecule has 3 rings (SSSR count). The standard InChI is InChI=1S/C18H42O6Si4.C15H14Cl.Li/c1-25(2,3)20-13-14-15(22-26(4,5)6)16(23-27(7,8)9)17(18(19)21-14)24-28(10,11)12;1-2-12-7-9-13(10-8-12)11-14-5-3-4-6-15(14)16;/h14-17H,13H2,1-12H3;4-10H,2,11H2,1H3;/q;-1;+1/t14-,15-,16+,17-;;/m1../s1. The Kier molecular flexibility index (Phi) is 16.8. The van der Waals surface area contributed by atoms with Crippen molar-refractivity contribution in [1.29, 1.82) is 0 Å². The van der Waals surface area contributed by atoms with E-state index in [4.69, 9.17) is 34.0 Å². The summed E-state index contributed by atoms with van der Waals surface area (Å²) in [7, 11) is -7.66. The Balaban J connectivity index is 0.000000502. The van der Waals surface area contributed by atoms with Crippen LogP contribution in [0.4, 0.5) is 0 Å². The van der Waals surface area contributed by atoms with Crippen LogP contribution in [0.25, 0.3) is 0 Å². The molecule has 1 aliphatic heterocycles. The van der Waals surface area contributed by atoms with Crippen molar-refractivity contribution in [2.45, 2.75) is 123 Å². The van der Waals surface area contributed by atoms with E-state index in [-0.39, 0.29) is 30.9 Å². The van der Waals surface area contributed by atoms with E-state index >= 15 is 0 Å². The van der Waals surface area contributed by atoms with Gasteiger partial charge in [-0.1, -0.05) is 41.8 Å². The summed E-state index contributed by atoms with van der Waals surface area (Å²) in [5.74, 6) is -0.356. The van der Waals surface area contributed by atoms with Crippen LogP contribution < -0.4 is 18.9 Å². The van der Waals surface area contributed by atoms with Gasteiger partial charge in [-0.3, -0.25) is 0 Å². The number of benzene rings is 2. The molecule has 0 N–H and O–H groups in total. The van der Waals surface area contributed by atoms with Crippen LogP contribution in [0, 0.1) is 6.07 Å². The number of hydrogen-bond donors (Lipinski definition) is 0. The molecule has 4 atom stereocenters. The molecule has 12 heteroatoms. The number of aryl methyl sites for hydroxylation is 1. The number of cyclic esters (lactones) is 1. The smallest absolute Gasteiger partial charge is 0.455 e. The second kappa shape index (κ2) is 17.8. The molecule has 1 saturated heterocycles. The maximum absolute atomic E-state index is 12.9. The quantitative estimate of drug-likeness (QED) is 0.160. The van der Waals surface area contributed by atoms with Gasteiger partial charge in [-0.05, 0) is 97.0 Å². The fourth-order valence-electron chi connectivity index (χ4n) is 4.54. The zero-order chi connectivity index (χ0) is 33.5. The summed E-state index contributed by atoms with van der Waals surface area (Å²) in [5.41, 5.74) is 3.79. The summed E-state index contributed by atoms with van der Waals surface area (Å²) >= 11 is 6.11. The Morgan fingerprint density at radius 2 is 1.27 bits per heavy atom. The Labute approximate surface area is 294 Å². The molecule has 248 valence electrons. The van der Waals surface area contributed by atoms with Crippen LogP contribution in [0.2, 0.25) is 83.6 Å². The predicted molar refractivity (Wildman–Crippen MR) is 193 cm³/mol. The fourth-order valence-corrected chi connectivity index (χ4v) is 8.56.